The number of nitriles is 1. The van der Waals surface area contributed by atoms with Gasteiger partial charge in [-0.25, -0.2) is 0 Å². The fourth-order valence-electron chi connectivity index (χ4n) is 2.81. The average Bonchev–Trinajstić information content (AvgIpc) is 2.93. The van der Waals surface area contributed by atoms with Crippen molar-refractivity contribution in [2.75, 3.05) is 18.6 Å². The van der Waals surface area contributed by atoms with Crippen LogP contribution in [-0.2, 0) is 0 Å². The van der Waals surface area contributed by atoms with Crippen LogP contribution in [0.3, 0.4) is 0 Å². The van der Waals surface area contributed by atoms with Gasteiger partial charge in [0, 0.05) is 18.7 Å². The summed E-state index contributed by atoms with van der Waals surface area (Å²) in [6.45, 7) is 3.09. The third-order valence-corrected chi connectivity index (χ3v) is 3.74. The van der Waals surface area contributed by atoms with Gasteiger partial charge in [-0.1, -0.05) is 12.8 Å². The van der Waals surface area contributed by atoms with Crippen molar-refractivity contribution >= 4 is 5.69 Å². The molecule has 1 aliphatic carbocycles. The van der Waals surface area contributed by atoms with E-state index in [4.69, 9.17) is 4.74 Å². The Labute approximate surface area is 109 Å². The Balaban J connectivity index is 2.36. The van der Waals surface area contributed by atoms with E-state index in [1.54, 1.807) is 7.11 Å². The molecule has 0 spiro atoms. The Bertz CT molecular complexity index is 444. The summed E-state index contributed by atoms with van der Waals surface area (Å²) >= 11 is 0. The Morgan fingerprint density at radius 1 is 1.39 bits per heavy atom. The molecule has 0 heterocycles. The summed E-state index contributed by atoms with van der Waals surface area (Å²) in [6, 6.07) is 8.56. The molecule has 96 valence electrons. The molecule has 0 radical (unpaired) electrons. The van der Waals surface area contributed by atoms with Gasteiger partial charge in [0.25, 0.3) is 0 Å². The Hall–Kier alpha value is -1.69. The number of benzene rings is 1. The second-order valence-corrected chi connectivity index (χ2v) is 4.72. The van der Waals surface area contributed by atoms with Crippen LogP contribution in [0.4, 0.5) is 5.69 Å². The van der Waals surface area contributed by atoms with Gasteiger partial charge in [0.1, 0.15) is 11.8 Å². The fraction of sp³-hybridized carbons (Fsp3) is 0.533. The maximum absolute atomic E-state index is 9.25. The van der Waals surface area contributed by atoms with Crippen LogP contribution >= 0.6 is 0 Å². The molecule has 3 nitrogen and oxygen atoms in total. The van der Waals surface area contributed by atoms with Crippen molar-refractivity contribution in [3.63, 3.8) is 0 Å². The number of nitrogens with zero attached hydrogens (tertiary/aromatic N) is 2. The standard InChI is InChI=1S/C15H20N2O/c1-3-17(13-6-4-5-7-13)15-10-14(18-2)9-8-12(15)11-16/h8-10,13H,3-7H2,1-2H3. The van der Waals surface area contributed by atoms with Crippen molar-refractivity contribution in [1.82, 2.24) is 0 Å². The molecule has 0 aliphatic heterocycles. The van der Waals surface area contributed by atoms with Crippen molar-refractivity contribution in [3.8, 4) is 11.8 Å². The van der Waals surface area contributed by atoms with E-state index in [1.165, 1.54) is 25.7 Å². The Kier molecular flexibility index (Phi) is 4.09. The zero-order valence-corrected chi connectivity index (χ0v) is 11.1. The highest BCUT2D eigenvalue weighted by atomic mass is 16.5. The molecule has 0 amide bonds. The predicted octanol–water partition coefficient (Wildman–Crippen LogP) is 3.34. The molecule has 0 N–H and O–H groups in total. The largest absolute Gasteiger partial charge is 0.497 e. The van der Waals surface area contributed by atoms with Gasteiger partial charge in [-0.05, 0) is 31.9 Å². The molecule has 1 aromatic carbocycles. The van der Waals surface area contributed by atoms with Gasteiger partial charge >= 0.3 is 0 Å². The summed E-state index contributed by atoms with van der Waals surface area (Å²) in [7, 11) is 1.66. The van der Waals surface area contributed by atoms with Crippen LogP contribution in [0.2, 0.25) is 0 Å². The number of hydrogen-bond donors (Lipinski definition) is 0. The van der Waals surface area contributed by atoms with E-state index in [2.05, 4.69) is 17.9 Å². The molecule has 0 unspecified atom stereocenters. The van der Waals surface area contributed by atoms with Gasteiger partial charge in [-0.15, -0.1) is 0 Å². The lowest BCUT2D eigenvalue weighted by Gasteiger charge is -2.30. The number of rotatable bonds is 4. The third-order valence-electron chi connectivity index (χ3n) is 3.74. The topological polar surface area (TPSA) is 36.3 Å². The quantitative estimate of drug-likeness (QED) is 0.815. The summed E-state index contributed by atoms with van der Waals surface area (Å²) in [5, 5.41) is 9.25. The summed E-state index contributed by atoms with van der Waals surface area (Å²) in [6.07, 6.45) is 5.06. The van der Waals surface area contributed by atoms with E-state index in [0.29, 0.717) is 6.04 Å². The lowest BCUT2D eigenvalue weighted by atomic mass is 10.1. The molecule has 0 saturated heterocycles. The fourth-order valence-corrected chi connectivity index (χ4v) is 2.81. The first kappa shape index (κ1) is 12.8. The zero-order valence-electron chi connectivity index (χ0n) is 11.1. The normalized spacial score (nSPS) is 15.4. The SMILES string of the molecule is CCN(c1cc(OC)ccc1C#N)C1CCCC1. The monoisotopic (exact) mass is 244 g/mol. The van der Waals surface area contributed by atoms with Gasteiger partial charge in [0.15, 0.2) is 0 Å². The van der Waals surface area contributed by atoms with Gasteiger partial charge in [0.05, 0.1) is 18.4 Å². The van der Waals surface area contributed by atoms with Crippen LogP contribution in [-0.4, -0.2) is 19.7 Å². The minimum absolute atomic E-state index is 0.578. The molecular formula is C15H20N2O. The van der Waals surface area contributed by atoms with Crippen molar-refractivity contribution < 1.29 is 4.74 Å². The van der Waals surface area contributed by atoms with Crippen LogP contribution in [0.15, 0.2) is 18.2 Å². The highest BCUT2D eigenvalue weighted by Gasteiger charge is 2.23. The molecule has 1 fully saturated rings. The van der Waals surface area contributed by atoms with Gasteiger partial charge < -0.3 is 9.64 Å². The molecule has 1 aliphatic rings. The number of ether oxygens (including phenoxy) is 1. The van der Waals surface area contributed by atoms with Gasteiger partial charge in [-0.3, -0.25) is 0 Å². The van der Waals surface area contributed by atoms with E-state index >= 15 is 0 Å². The molecule has 0 aromatic heterocycles. The van der Waals surface area contributed by atoms with E-state index in [-0.39, 0.29) is 0 Å². The predicted molar refractivity (Wildman–Crippen MR) is 73.0 cm³/mol. The summed E-state index contributed by atoms with van der Waals surface area (Å²) in [5.74, 6) is 0.820. The summed E-state index contributed by atoms with van der Waals surface area (Å²) in [5.41, 5.74) is 1.76. The van der Waals surface area contributed by atoms with E-state index in [1.807, 2.05) is 18.2 Å². The molecule has 1 saturated carbocycles. The third kappa shape index (κ3) is 2.43. The first-order valence-corrected chi connectivity index (χ1v) is 6.65. The van der Waals surface area contributed by atoms with Gasteiger partial charge in [-0.2, -0.15) is 5.26 Å². The van der Waals surface area contributed by atoms with E-state index in [9.17, 15) is 5.26 Å². The van der Waals surface area contributed by atoms with Crippen molar-refractivity contribution in [2.45, 2.75) is 38.6 Å². The Morgan fingerprint density at radius 3 is 2.67 bits per heavy atom. The lowest BCUT2D eigenvalue weighted by Crippen LogP contribution is -2.33. The number of anilines is 1. The molecular weight excluding hydrogens is 224 g/mol. The van der Waals surface area contributed by atoms with Crippen molar-refractivity contribution in [2.24, 2.45) is 0 Å². The molecule has 18 heavy (non-hydrogen) atoms. The smallest absolute Gasteiger partial charge is 0.121 e. The molecule has 0 atom stereocenters. The average molecular weight is 244 g/mol. The lowest BCUT2D eigenvalue weighted by molar-refractivity contribution is 0.414. The summed E-state index contributed by atoms with van der Waals surface area (Å²) < 4.78 is 5.28. The van der Waals surface area contributed by atoms with E-state index < -0.39 is 0 Å². The summed E-state index contributed by atoms with van der Waals surface area (Å²) in [4.78, 5) is 2.36. The molecule has 0 bridgehead atoms. The second-order valence-electron chi connectivity index (χ2n) is 4.72. The van der Waals surface area contributed by atoms with Crippen LogP contribution in [0, 0.1) is 11.3 Å². The minimum Gasteiger partial charge on any atom is -0.497 e. The molecule has 2 rings (SSSR count). The van der Waals surface area contributed by atoms with Crippen LogP contribution < -0.4 is 9.64 Å². The highest BCUT2D eigenvalue weighted by molar-refractivity contribution is 5.62. The number of hydrogen-bond acceptors (Lipinski definition) is 3. The van der Waals surface area contributed by atoms with Crippen LogP contribution in [0.1, 0.15) is 38.2 Å². The Morgan fingerprint density at radius 2 is 2.11 bits per heavy atom. The highest BCUT2D eigenvalue weighted by Crippen LogP contribution is 2.32. The molecule has 3 heteroatoms. The van der Waals surface area contributed by atoms with Crippen LogP contribution in [0.25, 0.3) is 0 Å². The first-order chi connectivity index (χ1) is 8.80. The minimum atomic E-state index is 0.578. The maximum atomic E-state index is 9.25. The van der Waals surface area contributed by atoms with Crippen molar-refractivity contribution in [1.29, 1.82) is 5.26 Å². The number of methoxy groups -OCH3 is 1. The van der Waals surface area contributed by atoms with E-state index in [0.717, 1.165) is 23.5 Å². The molecule has 1 aromatic rings. The zero-order chi connectivity index (χ0) is 13.0. The van der Waals surface area contributed by atoms with Crippen molar-refractivity contribution in [3.05, 3.63) is 23.8 Å². The van der Waals surface area contributed by atoms with Crippen LogP contribution in [0.5, 0.6) is 5.75 Å². The van der Waals surface area contributed by atoms with Gasteiger partial charge in [0.2, 0.25) is 0 Å². The second kappa shape index (κ2) is 5.77. The first-order valence-electron chi connectivity index (χ1n) is 6.65. The maximum Gasteiger partial charge on any atom is 0.121 e.